The molecule has 0 aromatic heterocycles. The number of benzene rings is 2. The van der Waals surface area contributed by atoms with Crippen LogP contribution in [0.25, 0.3) is 0 Å². The van der Waals surface area contributed by atoms with Gasteiger partial charge in [0.2, 0.25) is 0 Å². The van der Waals surface area contributed by atoms with Gasteiger partial charge in [0, 0.05) is 16.7 Å². The van der Waals surface area contributed by atoms with Crippen LogP contribution in [0.3, 0.4) is 0 Å². The maximum absolute atomic E-state index is 12.3. The molecule has 0 aliphatic carbocycles. The first-order valence-corrected chi connectivity index (χ1v) is 5.62. The van der Waals surface area contributed by atoms with Gasteiger partial charge in [0.1, 0.15) is 5.75 Å². The number of carboxylic acids is 1. The molecule has 0 spiro atoms. The van der Waals surface area contributed by atoms with E-state index in [9.17, 15) is 14.7 Å². The molecule has 5 heteroatoms. The van der Waals surface area contributed by atoms with Crippen LogP contribution >= 0.6 is 0 Å². The quantitative estimate of drug-likeness (QED) is 0.493. The number of methoxy groups -OCH3 is 1. The number of carboxylic acid groups (broad SMARTS) is 1. The zero-order valence-corrected chi connectivity index (χ0v) is 13.3. The van der Waals surface area contributed by atoms with Gasteiger partial charge in [0.25, 0.3) is 0 Å². The summed E-state index contributed by atoms with van der Waals surface area (Å²) < 4.78 is 5.01. The fourth-order valence-corrected chi connectivity index (χ4v) is 1.76. The van der Waals surface area contributed by atoms with Crippen LogP contribution in [0.2, 0.25) is 0 Å². The number of carbonyl (C=O) groups is 2. The largest absolute Gasteiger partial charge is 1.00 e. The molecule has 20 heavy (non-hydrogen) atoms. The third-order valence-corrected chi connectivity index (χ3v) is 2.73. The van der Waals surface area contributed by atoms with Crippen molar-refractivity contribution in [3.63, 3.8) is 0 Å². The minimum Gasteiger partial charge on any atom is -0.545 e. The number of ether oxygens (including phenoxy) is 1. The van der Waals surface area contributed by atoms with Crippen molar-refractivity contribution in [1.82, 2.24) is 0 Å². The molecule has 0 bridgehead atoms. The van der Waals surface area contributed by atoms with Gasteiger partial charge in [-0.15, -0.1) is 0 Å². The second-order valence-corrected chi connectivity index (χ2v) is 3.89. The van der Waals surface area contributed by atoms with Gasteiger partial charge in [-0.05, 0) is 18.2 Å². The van der Waals surface area contributed by atoms with E-state index in [1.807, 2.05) is 0 Å². The fraction of sp³-hybridized carbons (Fsp3) is 0.0667. The number of carbonyl (C=O) groups excluding carboxylic acids is 2. The summed E-state index contributed by atoms with van der Waals surface area (Å²) in [6, 6.07) is 12.7. The summed E-state index contributed by atoms with van der Waals surface area (Å²) >= 11 is 0. The van der Waals surface area contributed by atoms with E-state index in [0.717, 1.165) is 0 Å². The van der Waals surface area contributed by atoms with Gasteiger partial charge in [-0.3, -0.25) is 4.79 Å². The van der Waals surface area contributed by atoms with E-state index in [4.69, 9.17) is 4.74 Å². The Kier molecular flexibility index (Phi) is 5.95. The Morgan fingerprint density at radius 2 is 1.65 bits per heavy atom. The summed E-state index contributed by atoms with van der Waals surface area (Å²) in [4.78, 5) is 23.3. The Balaban J connectivity index is 0.00000200. The molecule has 0 saturated heterocycles. The van der Waals surface area contributed by atoms with Crippen LogP contribution < -0.4 is 39.4 Å². The zero-order chi connectivity index (χ0) is 13.8. The molecule has 2 aromatic rings. The minimum absolute atomic E-state index is 0. The molecule has 0 amide bonds. The van der Waals surface area contributed by atoms with Crippen molar-refractivity contribution >= 4 is 11.8 Å². The van der Waals surface area contributed by atoms with Gasteiger partial charge in [0.15, 0.2) is 5.78 Å². The molecule has 0 N–H and O–H groups in total. The average molecular weight is 278 g/mol. The van der Waals surface area contributed by atoms with E-state index in [0.29, 0.717) is 11.3 Å². The molecule has 0 heterocycles. The molecular weight excluding hydrogens is 267 g/mol. The number of hydrogen-bond acceptors (Lipinski definition) is 4. The van der Waals surface area contributed by atoms with Gasteiger partial charge >= 0.3 is 29.6 Å². The molecular formula is C15H11NaO4. The predicted molar refractivity (Wildman–Crippen MR) is 67.2 cm³/mol. The third kappa shape index (κ3) is 3.48. The average Bonchev–Trinajstić information content (AvgIpc) is 2.46. The van der Waals surface area contributed by atoms with Gasteiger partial charge in [-0.1, -0.05) is 30.3 Å². The van der Waals surface area contributed by atoms with Crippen molar-refractivity contribution in [2.45, 2.75) is 0 Å². The molecule has 0 aliphatic rings. The summed E-state index contributed by atoms with van der Waals surface area (Å²) in [5.41, 5.74) is 0.332. The van der Waals surface area contributed by atoms with Gasteiger partial charge in [-0.2, -0.15) is 0 Å². The van der Waals surface area contributed by atoms with Crippen LogP contribution in [0.4, 0.5) is 0 Å². The first-order chi connectivity index (χ1) is 9.13. The number of ketones is 1. The smallest absolute Gasteiger partial charge is 0.545 e. The Bertz CT molecular complexity index is 623. The molecule has 0 unspecified atom stereocenters. The molecule has 0 fully saturated rings. The summed E-state index contributed by atoms with van der Waals surface area (Å²) in [5, 5.41) is 11.1. The fourth-order valence-electron chi connectivity index (χ4n) is 1.76. The normalized spacial score (nSPS) is 9.45. The molecule has 0 radical (unpaired) electrons. The summed E-state index contributed by atoms with van der Waals surface area (Å²) in [6.07, 6.45) is 0. The molecule has 4 nitrogen and oxygen atoms in total. The third-order valence-electron chi connectivity index (χ3n) is 2.73. The van der Waals surface area contributed by atoms with E-state index in [-0.39, 0.29) is 46.5 Å². The monoisotopic (exact) mass is 278 g/mol. The second kappa shape index (κ2) is 7.24. The summed E-state index contributed by atoms with van der Waals surface area (Å²) in [5.74, 6) is -1.34. The van der Waals surface area contributed by atoms with Crippen molar-refractivity contribution in [2.24, 2.45) is 0 Å². The van der Waals surface area contributed by atoms with Crippen LogP contribution in [0.5, 0.6) is 5.75 Å². The first kappa shape index (κ1) is 16.4. The molecule has 2 aromatic carbocycles. The van der Waals surface area contributed by atoms with Crippen molar-refractivity contribution in [3.8, 4) is 5.75 Å². The maximum Gasteiger partial charge on any atom is 1.00 e. The van der Waals surface area contributed by atoms with E-state index in [1.54, 1.807) is 30.3 Å². The number of rotatable bonds is 4. The summed E-state index contributed by atoms with van der Waals surface area (Å²) in [7, 11) is 1.45. The number of aromatic carboxylic acids is 1. The van der Waals surface area contributed by atoms with Gasteiger partial charge in [-0.25, -0.2) is 0 Å². The predicted octanol–water partition coefficient (Wildman–Crippen LogP) is -1.71. The van der Waals surface area contributed by atoms with Crippen molar-refractivity contribution in [2.75, 3.05) is 7.11 Å². The van der Waals surface area contributed by atoms with Crippen LogP contribution in [-0.2, 0) is 0 Å². The van der Waals surface area contributed by atoms with Gasteiger partial charge in [0.05, 0.1) is 13.1 Å². The topological polar surface area (TPSA) is 66.4 Å². The van der Waals surface area contributed by atoms with Crippen LogP contribution in [0, 0.1) is 0 Å². The SMILES string of the molecule is COc1ccc(C(=O)[O-])c(C(=O)c2ccccc2)c1.[Na+]. The minimum atomic E-state index is -1.39. The van der Waals surface area contributed by atoms with E-state index in [2.05, 4.69) is 0 Å². The van der Waals surface area contributed by atoms with Crippen molar-refractivity contribution in [1.29, 1.82) is 0 Å². The Labute approximate surface area is 138 Å². The van der Waals surface area contributed by atoms with Crippen molar-refractivity contribution in [3.05, 3.63) is 65.2 Å². The molecule has 2 rings (SSSR count). The van der Waals surface area contributed by atoms with Crippen LogP contribution in [0.15, 0.2) is 48.5 Å². The van der Waals surface area contributed by atoms with E-state index in [1.165, 1.54) is 25.3 Å². The Morgan fingerprint density at radius 1 is 1.00 bits per heavy atom. The van der Waals surface area contributed by atoms with E-state index >= 15 is 0 Å². The van der Waals surface area contributed by atoms with Crippen LogP contribution in [-0.4, -0.2) is 18.9 Å². The second-order valence-electron chi connectivity index (χ2n) is 3.89. The molecule has 0 saturated carbocycles. The van der Waals surface area contributed by atoms with Crippen LogP contribution in [0.1, 0.15) is 26.3 Å². The molecule has 96 valence electrons. The first-order valence-electron chi connectivity index (χ1n) is 5.62. The zero-order valence-electron chi connectivity index (χ0n) is 11.3. The van der Waals surface area contributed by atoms with E-state index < -0.39 is 5.97 Å². The maximum atomic E-state index is 12.3. The summed E-state index contributed by atoms with van der Waals surface area (Å²) in [6.45, 7) is 0. The Hall–Kier alpha value is -1.62. The molecule has 0 aliphatic heterocycles. The standard InChI is InChI=1S/C15H12O4.Na/c1-19-11-7-8-12(15(17)18)13(9-11)14(16)10-5-3-2-4-6-10;/h2-9H,1H3,(H,17,18);/q;+1/p-1. The molecule has 0 atom stereocenters. The van der Waals surface area contributed by atoms with Gasteiger partial charge < -0.3 is 14.6 Å². The number of hydrogen-bond donors (Lipinski definition) is 0. The van der Waals surface area contributed by atoms with Crippen molar-refractivity contribution < 1.29 is 49.0 Å². The Morgan fingerprint density at radius 3 is 2.20 bits per heavy atom.